The van der Waals surface area contributed by atoms with Crippen molar-refractivity contribution in [2.24, 2.45) is 0 Å². The van der Waals surface area contributed by atoms with Crippen molar-refractivity contribution in [3.8, 4) is 0 Å². The molecule has 0 unspecified atom stereocenters. The van der Waals surface area contributed by atoms with E-state index >= 15 is 0 Å². The van der Waals surface area contributed by atoms with Crippen molar-refractivity contribution in [2.75, 3.05) is 0 Å². The zero-order valence-electron chi connectivity index (χ0n) is 3.81. The largest absolute Gasteiger partial charge is 1.00 e. The molecule has 0 N–H and O–H groups in total. The monoisotopic (exact) mass is 131 g/mol. The van der Waals surface area contributed by atoms with E-state index in [9.17, 15) is 4.32 Å². The molecule has 1 fully saturated rings. The predicted octanol–water partition coefficient (Wildman–Crippen LogP) is -1.64. The number of rotatable bonds is 0. The molecule has 44 valence electrons. The van der Waals surface area contributed by atoms with Crippen molar-refractivity contribution in [3.63, 3.8) is 0 Å². The topological polar surface area (TPSA) is 0 Å². The van der Waals surface area contributed by atoms with E-state index in [-0.39, 0.29) is 42.4 Å². The molecule has 0 spiro atoms. The summed E-state index contributed by atoms with van der Waals surface area (Å²) >= 11 is 0. The summed E-state index contributed by atoms with van der Waals surface area (Å²) < 4.78 is 11.5. The summed E-state index contributed by atoms with van der Waals surface area (Å²) in [7, 11) is 0. The summed E-state index contributed by atoms with van der Waals surface area (Å²) in [5.41, 5.74) is 0. The average molecular weight is 131 g/mol. The van der Waals surface area contributed by atoms with Gasteiger partial charge in [-0.1, -0.05) is 6.42 Å². The van der Waals surface area contributed by atoms with E-state index in [1.165, 1.54) is 0 Å². The second-order valence-electron chi connectivity index (χ2n) is 1.53. The van der Waals surface area contributed by atoms with Crippen molar-refractivity contribution >= 4 is 6.99 Å². The molecular weight excluding hydrogens is 125 g/mol. The van der Waals surface area contributed by atoms with E-state index in [1.807, 2.05) is 0 Å². The molecule has 0 aliphatic carbocycles. The Hall–Kier alpha value is 1.18. The fourth-order valence-corrected chi connectivity index (χ4v) is 0.358. The van der Waals surface area contributed by atoms with E-state index in [1.54, 1.807) is 0 Å². The number of halogens is 2. The van der Waals surface area contributed by atoms with E-state index < -0.39 is 6.99 Å². The molecule has 0 atom stereocenters. The Morgan fingerprint density at radius 1 is 1.29 bits per heavy atom. The van der Waals surface area contributed by atoms with Gasteiger partial charge in [0.25, 0.3) is 0 Å². The van der Waals surface area contributed by atoms with Gasteiger partial charge < -0.3 is 9.02 Å². The van der Waals surface area contributed by atoms with Crippen LogP contribution in [-0.2, 0) is 0 Å². The van der Waals surface area contributed by atoms with Crippen molar-refractivity contribution < 1.29 is 46.8 Å². The predicted molar refractivity (Wildman–Crippen MR) is 21.1 cm³/mol. The van der Waals surface area contributed by atoms with Gasteiger partial charge in [-0.3, -0.25) is 0 Å². The summed E-state index contributed by atoms with van der Waals surface area (Å²) in [6.45, 7) is -0.435. The maximum absolute atomic E-state index is 11.5. The van der Waals surface area contributed by atoms with E-state index in [4.69, 9.17) is 0 Å². The first-order valence-corrected chi connectivity index (χ1v) is 2.03. The number of hydrogen-bond donors (Lipinski definition) is 0. The first-order chi connectivity index (χ1) is 2.39. The fraction of sp³-hybridized carbons (Fsp3) is 1.00. The molecule has 1 aliphatic heterocycles. The third-order valence-corrected chi connectivity index (χ3v) is 1.03. The molecule has 0 aromatic carbocycles. The Kier molecular flexibility index (Phi) is 8.40. The third kappa shape index (κ3) is 3.74. The summed E-state index contributed by atoms with van der Waals surface area (Å²) in [5.74, 6) is 0. The van der Waals surface area contributed by atoms with Gasteiger partial charge in [-0.15, -0.1) is 0 Å². The van der Waals surface area contributed by atoms with Crippen LogP contribution in [0.3, 0.4) is 0 Å². The second-order valence-corrected chi connectivity index (χ2v) is 1.53. The van der Waals surface area contributed by atoms with Gasteiger partial charge in [0.2, 0.25) is 0 Å². The van der Waals surface area contributed by atoms with Gasteiger partial charge in [0.15, 0.2) is 0 Å². The van der Waals surface area contributed by atoms with Gasteiger partial charge >= 0.3 is 6.99 Å². The first kappa shape index (κ1) is 11.0. The normalized spacial score (nSPS) is 15.9. The Morgan fingerprint density at radius 3 is 1.57 bits per heavy atom. The third-order valence-electron chi connectivity index (χ3n) is 1.03. The standard InChI is InChI=1S/C3H6BF.Ar.FH/c5-4-2-1-3-4;;/h1-3H2;;1H/p-1. The molecular formula is C3H6ArBF2-. The molecule has 1 saturated heterocycles. The molecule has 0 nitrogen and oxygen atoms in total. The van der Waals surface area contributed by atoms with Crippen molar-refractivity contribution in [3.05, 3.63) is 0 Å². The Bertz CT molecular complexity index is 39.9. The molecule has 1 heterocycles. The van der Waals surface area contributed by atoms with Crippen LogP contribution >= 0.6 is 0 Å². The van der Waals surface area contributed by atoms with Crippen LogP contribution in [0.25, 0.3) is 0 Å². The molecule has 0 amide bonds. The van der Waals surface area contributed by atoms with Crippen LogP contribution in [0, 0.1) is 37.7 Å². The van der Waals surface area contributed by atoms with Crippen LogP contribution in [0.1, 0.15) is 6.42 Å². The molecule has 0 saturated carbocycles. The Balaban J connectivity index is 0. The summed E-state index contributed by atoms with van der Waals surface area (Å²) in [4.78, 5) is 0. The van der Waals surface area contributed by atoms with Crippen LogP contribution in [0.15, 0.2) is 0 Å². The molecule has 0 aromatic rings. The van der Waals surface area contributed by atoms with E-state index in [0.717, 1.165) is 19.1 Å². The minimum atomic E-state index is -0.435. The van der Waals surface area contributed by atoms with Crippen LogP contribution < -0.4 is 4.70 Å². The summed E-state index contributed by atoms with van der Waals surface area (Å²) in [5, 5.41) is 0. The molecule has 7 heavy (non-hydrogen) atoms. The van der Waals surface area contributed by atoms with Crippen LogP contribution in [0.4, 0.5) is 4.32 Å². The van der Waals surface area contributed by atoms with E-state index in [2.05, 4.69) is 0 Å². The average Bonchev–Trinajstić information content (AvgIpc) is 1.30. The van der Waals surface area contributed by atoms with Crippen molar-refractivity contribution in [1.29, 1.82) is 0 Å². The van der Waals surface area contributed by atoms with Gasteiger partial charge in [-0.05, 0) is 12.6 Å². The molecule has 0 bridgehead atoms. The van der Waals surface area contributed by atoms with Gasteiger partial charge in [-0.2, -0.15) is 0 Å². The molecule has 0 aromatic heterocycles. The molecule has 1 aliphatic rings. The first-order valence-electron chi connectivity index (χ1n) is 2.03. The van der Waals surface area contributed by atoms with Gasteiger partial charge in [0.1, 0.15) is 0 Å². The smallest absolute Gasteiger partial charge is 0.348 e. The van der Waals surface area contributed by atoms with Crippen LogP contribution in [0.5, 0.6) is 0 Å². The molecule has 1 rings (SSSR count). The Morgan fingerprint density at radius 2 is 1.57 bits per heavy atom. The van der Waals surface area contributed by atoms with Crippen LogP contribution in [-0.4, -0.2) is 6.99 Å². The Labute approximate surface area is 72.3 Å². The summed E-state index contributed by atoms with van der Waals surface area (Å²) in [6.07, 6.45) is 2.75. The molecule has 4 heteroatoms. The molecule has 0 radical (unpaired) electrons. The number of hydrogen-bond acceptors (Lipinski definition) is 0. The maximum atomic E-state index is 11.5. The zero-order chi connectivity index (χ0) is 3.70. The zero-order valence-corrected chi connectivity index (χ0v) is 4.52. The van der Waals surface area contributed by atoms with Gasteiger partial charge in [-0.25, -0.2) is 0 Å². The second kappa shape index (κ2) is 5.32. The SMILES string of the molecule is FB1CCC1.[Ar].[F-]. The maximum Gasteiger partial charge on any atom is 0.348 e. The van der Waals surface area contributed by atoms with Crippen molar-refractivity contribution in [2.45, 2.75) is 19.1 Å². The summed E-state index contributed by atoms with van der Waals surface area (Å²) in [6, 6.07) is 0. The fourth-order valence-electron chi connectivity index (χ4n) is 0.358. The minimum absolute atomic E-state index is 0. The van der Waals surface area contributed by atoms with Crippen molar-refractivity contribution in [1.82, 2.24) is 0 Å². The van der Waals surface area contributed by atoms with Gasteiger partial charge in [0.05, 0.1) is 0 Å². The van der Waals surface area contributed by atoms with Crippen LogP contribution in [0.2, 0.25) is 12.6 Å². The quantitative estimate of drug-likeness (QED) is 0.345. The van der Waals surface area contributed by atoms with E-state index in [0.29, 0.717) is 0 Å². The minimum Gasteiger partial charge on any atom is -1.00 e. The van der Waals surface area contributed by atoms with Gasteiger partial charge in [0, 0.05) is 37.7 Å².